The highest BCUT2D eigenvalue weighted by Gasteiger charge is 2.13. The molecule has 0 aliphatic rings. The molecular weight excluding hydrogens is 470 g/mol. The van der Waals surface area contributed by atoms with Crippen molar-refractivity contribution in [3.63, 3.8) is 0 Å². The predicted molar refractivity (Wildman–Crippen MR) is 130 cm³/mol. The van der Waals surface area contributed by atoms with Crippen molar-refractivity contribution in [2.24, 2.45) is 0 Å². The summed E-state index contributed by atoms with van der Waals surface area (Å²) in [5, 5.41) is 0. The van der Waals surface area contributed by atoms with Gasteiger partial charge in [0.2, 0.25) is 0 Å². The van der Waals surface area contributed by atoms with Crippen LogP contribution in [0.1, 0.15) is 13.8 Å². The fourth-order valence-corrected chi connectivity index (χ4v) is 2.86. The highest BCUT2D eigenvalue weighted by molar-refractivity contribution is 5.89. The summed E-state index contributed by atoms with van der Waals surface area (Å²) in [6.45, 7) is 10.2. The van der Waals surface area contributed by atoms with Crippen LogP contribution in [0.15, 0.2) is 85.0 Å². The van der Waals surface area contributed by atoms with E-state index >= 15 is 0 Å². The molecule has 0 fully saturated rings. The van der Waals surface area contributed by atoms with Crippen molar-refractivity contribution in [3.05, 3.63) is 96.6 Å². The zero-order chi connectivity index (χ0) is 26.2. The molecule has 0 N–H and O–H groups in total. The number of hydrogen-bond acceptors (Lipinski definition) is 6. The highest BCUT2D eigenvalue weighted by atomic mass is 19.1. The number of benzene rings is 3. The molecule has 0 unspecified atom stereocenters. The first-order valence-corrected chi connectivity index (χ1v) is 10.8. The van der Waals surface area contributed by atoms with Crippen LogP contribution in [0.3, 0.4) is 0 Å². The van der Waals surface area contributed by atoms with E-state index in [2.05, 4.69) is 13.2 Å². The van der Waals surface area contributed by atoms with Crippen LogP contribution in [-0.2, 0) is 9.59 Å². The van der Waals surface area contributed by atoms with Crippen molar-refractivity contribution in [3.8, 4) is 34.1 Å². The molecule has 0 saturated carbocycles. The molecule has 3 aromatic carbocycles. The summed E-state index contributed by atoms with van der Waals surface area (Å²) in [4.78, 5) is 23.1. The molecule has 3 aromatic rings. The van der Waals surface area contributed by atoms with Gasteiger partial charge in [0.25, 0.3) is 0 Å². The van der Waals surface area contributed by atoms with Gasteiger partial charge in [-0.25, -0.2) is 18.4 Å². The van der Waals surface area contributed by atoms with Crippen LogP contribution in [0, 0.1) is 11.6 Å². The second-order valence-electron chi connectivity index (χ2n) is 7.80. The Morgan fingerprint density at radius 1 is 0.667 bits per heavy atom. The average Bonchev–Trinajstić information content (AvgIpc) is 2.84. The zero-order valence-corrected chi connectivity index (χ0v) is 19.8. The van der Waals surface area contributed by atoms with Gasteiger partial charge in [-0.1, -0.05) is 25.3 Å². The summed E-state index contributed by atoms with van der Waals surface area (Å²) in [6.07, 6.45) is 0. The number of halogens is 2. The summed E-state index contributed by atoms with van der Waals surface area (Å²) in [5.74, 6) is -2.00. The molecule has 0 heterocycles. The molecule has 3 rings (SSSR count). The monoisotopic (exact) mass is 494 g/mol. The number of rotatable bonds is 10. The molecule has 0 bridgehead atoms. The summed E-state index contributed by atoms with van der Waals surface area (Å²) in [5.41, 5.74) is 1.24. The number of carbonyl (C=O) groups is 2. The Morgan fingerprint density at radius 2 is 1.14 bits per heavy atom. The highest BCUT2D eigenvalue weighted by Crippen LogP contribution is 2.29. The van der Waals surface area contributed by atoms with Gasteiger partial charge in [-0.3, -0.25) is 0 Å². The molecule has 186 valence electrons. The van der Waals surface area contributed by atoms with Gasteiger partial charge in [0.1, 0.15) is 24.7 Å². The lowest BCUT2D eigenvalue weighted by molar-refractivity contribution is -0.131. The summed E-state index contributed by atoms with van der Waals surface area (Å²) in [6, 6.07) is 14.6. The maximum Gasteiger partial charge on any atom is 0.338 e. The first-order valence-electron chi connectivity index (χ1n) is 10.8. The number of ether oxygens (including phenoxy) is 4. The second kappa shape index (κ2) is 11.8. The lowest BCUT2D eigenvalue weighted by atomic mass is 10.0. The fraction of sp³-hybridized carbons (Fsp3) is 0.143. The van der Waals surface area contributed by atoms with E-state index in [-0.39, 0.29) is 30.3 Å². The van der Waals surface area contributed by atoms with Crippen LogP contribution < -0.4 is 18.9 Å². The molecule has 0 spiro atoms. The molecule has 0 aliphatic heterocycles. The minimum Gasteiger partial charge on any atom is -0.490 e. The van der Waals surface area contributed by atoms with Gasteiger partial charge < -0.3 is 18.9 Å². The quantitative estimate of drug-likeness (QED) is 0.148. The van der Waals surface area contributed by atoms with Gasteiger partial charge in [-0.15, -0.1) is 0 Å². The third kappa shape index (κ3) is 7.02. The largest absolute Gasteiger partial charge is 0.490 e. The Morgan fingerprint density at radius 3 is 1.67 bits per heavy atom. The van der Waals surface area contributed by atoms with Gasteiger partial charge in [-0.2, -0.15) is 0 Å². The van der Waals surface area contributed by atoms with Gasteiger partial charge in [0.05, 0.1) is 0 Å². The molecule has 8 heteroatoms. The topological polar surface area (TPSA) is 71.1 Å². The van der Waals surface area contributed by atoms with Crippen molar-refractivity contribution in [1.82, 2.24) is 0 Å². The molecule has 0 aromatic heterocycles. The number of carbonyl (C=O) groups excluding carboxylic acids is 2. The van der Waals surface area contributed by atoms with E-state index in [1.165, 1.54) is 31.2 Å². The molecule has 0 amide bonds. The lowest BCUT2D eigenvalue weighted by Gasteiger charge is -2.11. The van der Waals surface area contributed by atoms with E-state index in [4.69, 9.17) is 18.9 Å². The normalized spacial score (nSPS) is 10.3. The minimum atomic E-state index is -0.762. The summed E-state index contributed by atoms with van der Waals surface area (Å²) < 4.78 is 49.9. The van der Waals surface area contributed by atoms with E-state index in [9.17, 15) is 18.4 Å². The van der Waals surface area contributed by atoms with E-state index in [0.717, 1.165) is 6.07 Å². The van der Waals surface area contributed by atoms with E-state index < -0.39 is 23.6 Å². The first-order chi connectivity index (χ1) is 17.1. The molecule has 36 heavy (non-hydrogen) atoms. The number of esters is 2. The Bertz CT molecular complexity index is 1300. The Labute approximate surface area is 207 Å². The van der Waals surface area contributed by atoms with Crippen molar-refractivity contribution in [2.75, 3.05) is 13.2 Å². The van der Waals surface area contributed by atoms with Crippen molar-refractivity contribution in [2.45, 2.75) is 13.8 Å². The van der Waals surface area contributed by atoms with E-state index in [1.807, 2.05) is 0 Å². The first kappa shape index (κ1) is 26.2. The summed E-state index contributed by atoms with van der Waals surface area (Å²) in [7, 11) is 0. The SMILES string of the molecule is C=C(C)C(=O)Oc1ccc(OCCOc2ccc(-c3ccc(OC(=O)C(=C)C)c(F)c3)cc2F)cc1. The van der Waals surface area contributed by atoms with Crippen molar-refractivity contribution >= 4 is 11.9 Å². The maximum absolute atomic E-state index is 14.5. The van der Waals surface area contributed by atoms with E-state index in [1.54, 1.807) is 37.3 Å². The fourth-order valence-electron chi connectivity index (χ4n) is 2.86. The molecule has 0 radical (unpaired) electrons. The molecule has 0 aliphatic carbocycles. The lowest BCUT2D eigenvalue weighted by Crippen LogP contribution is -2.10. The molecule has 0 atom stereocenters. The van der Waals surface area contributed by atoms with Gasteiger partial charge in [0.15, 0.2) is 23.1 Å². The molecule has 0 saturated heterocycles. The second-order valence-corrected chi connectivity index (χ2v) is 7.80. The molecular formula is C28H24F2O6. The third-order valence-corrected chi connectivity index (χ3v) is 4.74. The van der Waals surface area contributed by atoms with Crippen LogP contribution in [0.5, 0.6) is 23.0 Å². The standard InChI is InChI=1S/C28H24F2O6/c1-17(2)27(31)35-22-9-7-21(8-10-22)33-13-14-34-25-11-5-19(15-23(25)29)20-6-12-26(24(30)16-20)36-28(32)18(3)4/h5-12,15-16H,1,3,13-14H2,2,4H3. The Kier molecular flexibility index (Phi) is 8.57. The van der Waals surface area contributed by atoms with Crippen LogP contribution in [0.2, 0.25) is 0 Å². The van der Waals surface area contributed by atoms with Gasteiger partial charge in [-0.05, 0) is 73.5 Å². The van der Waals surface area contributed by atoms with E-state index in [0.29, 0.717) is 28.2 Å². The smallest absolute Gasteiger partial charge is 0.338 e. The number of hydrogen-bond donors (Lipinski definition) is 0. The van der Waals surface area contributed by atoms with Crippen LogP contribution >= 0.6 is 0 Å². The van der Waals surface area contributed by atoms with Crippen LogP contribution in [0.4, 0.5) is 8.78 Å². The average molecular weight is 494 g/mol. The minimum absolute atomic E-state index is 0.0110. The maximum atomic E-state index is 14.5. The zero-order valence-electron chi connectivity index (χ0n) is 19.8. The van der Waals surface area contributed by atoms with Crippen molar-refractivity contribution < 1.29 is 37.3 Å². The predicted octanol–water partition coefficient (Wildman–Crippen LogP) is 6.05. The van der Waals surface area contributed by atoms with Gasteiger partial charge in [0, 0.05) is 11.1 Å². The summed E-state index contributed by atoms with van der Waals surface area (Å²) >= 11 is 0. The Balaban J connectivity index is 1.53. The van der Waals surface area contributed by atoms with Gasteiger partial charge >= 0.3 is 11.9 Å². The molecule has 6 nitrogen and oxygen atoms in total. The third-order valence-electron chi connectivity index (χ3n) is 4.74. The Hall–Kier alpha value is -4.46. The van der Waals surface area contributed by atoms with Crippen LogP contribution in [0.25, 0.3) is 11.1 Å². The van der Waals surface area contributed by atoms with Crippen molar-refractivity contribution in [1.29, 1.82) is 0 Å². The van der Waals surface area contributed by atoms with Crippen LogP contribution in [-0.4, -0.2) is 25.2 Å².